The summed E-state index contributed by atoms with van der Waals surface area (Å²) in [6, 6.07) is 5.41. The summed E-state index contributed by atoms with van der Waals surface area (Å²) in [7, 11) is 1.60. The molecule has 1 unspecified atom stereocenters. The molecular formula is C14H18N2O3. The van der Waals surface area contributed by atoms with Crippen LogP contribution in [-0.2, 0) is 6.54 Å². The van der Waals surface area contributed by atoms with Gasteiger partial charge in [-0.2, -0.15) is 0 Å². The minimum Gasteiger partial charge on any atom is -0.497 e. The van der Waals surface area contributed by atoms with Gasteiger partial charge in [0.1, 0.15) is 18.1 Å². The van der Waals surface area contributed by atoms with Crippen molar-refractivity contribution in [2.24, 2.45) is 0 Å². The van der Waals surface area contributed by atoms with Crippen LogP contribution in [0.5, 0.6) is 11.5 Å². The molecule has 2 rings (SSSR count). The Morgan fingerprint density at radius 2 is 2.26 bits per heavy atom. The second-order valence-corrected chi connectivity index (χ2v) is 4.23. The van der Waals surface area contributed by atoms with Gasteiger partial charge in [0.05, 0.1) is 26.1 Å². The minimum absolute atomic E-state index is 0.503. The van der Waals surface area contributed by atoms with E-state index in [1.165, 1.54) is 0 Å². The van der Waals surface area contributed by atoms with Crippen LogP contribution in [0.25, 0.3) is 0 Å². The third-order valence-electron chi connectivity index (χ3n) is 2.84. The molecule has 5 nitrogen and oxygen atoms in total. The molecule has 0 radical (unpaired) electrons. The maximum Gasteiger partial charge on any atom is 0.128 e. The first-order valence-electron chi connectivity index (χ1n) is 6.15. The van der Waals surface area contributed by atoms with Crippen LogP contribution in [0.15, 0.2) is 36.9 Å². The van der Waals surface area contributed by atoms with Gasteiger partial charge in [0.15, 0.2) is 0 Å². The third kappa shape index (κ3) is 3.48. The predicted molar refractivity (Wildman–Crippen MR) is 71.3 cm³/mol. The average Bonchev–Trinajstić information content (AvgIpc) is 2.91. The Kier molecular flexibility index (Phi) is 4.41. The van der Waals surface area contributed by atoms with Crippen molar-refractivity contribution in [2.45, 2.75) is 19.6 Å². The van der Waals surface area contributed by atoms with Gasteiger partial charge in [0, 0.05) is 24.0 Å². The first kappa shape index (κ1) is 13.4. The van der Waals surface area contributed by atoms with Crippen molar-refractivity contribution < 1.29 is 14.6 Å². The van der Waals surface area contributed by atoms with E-state index in [0.717, 1.165) is 5.56 Å². The summed E-state index contributed by atoms with van der Waals surface area (Å²) in [6.07, 6.45) is 4.77. The molecule has 0 aliphatic heterocycles. The first-order chi connectivity index (χ1) is 9.20. The molecule has 1 aromatic carbocycles. The van der Waals surface area contributed by atoms with E-state index < -0.39 is 6.10 Å². The van der Waals surface area contributed by atoms with Crippen molar-refractivity contribution in [3.05, 3.63) is 42.5 Å². The number of hydrogen-bond donors (Lipinski definition) is 1. The summed E-state index contributed by atoms with van der Waals surface area (Å²) in [6.45, 7) is 2.92. The Labute approximate surface area is 112 Å². The highest BCUT2D eigenvalue weighted by Gasteiger charge is 2.10. The molecule has 0 spiro atoms. The highest BCUT2D eigenvalue weighted by atomic mass is 16.5. The maximum absolute atomic E-state index is 9.72. The molecule has 0 saturated heterocycles. The molecule has 19 heavy (non-hydrogen) atoms. The molecule has 0 amide bonds. The number of aliphatic hydroxyl groups is 1. The highest BCUT2D eigenvalue weighted by Crippen LogP contribution is 2.29. The van der Waals surface area contributed by atoms with Gasteiger partial charge in [0.2, 0.25) is 0 Å². The lowest BCUT2D eigenvalue weighted by Crippen LogP contribution is -2.08. The van der Waals surface area contributed by atoms with E-state index in [-0.39, 0.29) is 0 Å². The third-order valence-corrected chi connectivity index (χ3v) is 2.84. The summed E-state index contributed by atoms with van der Waals surface area (Å²) in [5.74, 6) is 1.36. The average molecular weight is 262 g/mol. The fourth-order valence-corrected chi connectivity index (χ4v) is 1.79. The topological polar surface area (TPSA) is 56.5 Å². The van der Waals surface area contributed by atoms with Gasteiger partial charge in [-0.25, -0.2) is 4.98 Å². The van der Waals surface area contributed by atoms with Crippen molar-refractivity contribution in [1.82, 2.24) is 9.55 Å². The van der Waals surface area contributed by atoms with E-state index in [2.05, 4.69) is 4.98 Å². The fraction of sp³-hybridized carbons (Fsp3) is 0.357. The van der Waals surface area contributed by atoms with Crippen LogP contribution in [-0.4, -0.2) is 28.4 Å². The number of aliphatic hydroxyl groups excluding tert-OH is 1. The number of nitrogens with zero attached hydrogens (tertiary/aromatic N) is 2. The largest absolute Gasteiger partial charge is 0.497 e. The van der Waals surface area contributed by atoms with Crippen LogP contribution in [0, 0.1) is 0 Å². The molecule has 2 aromatic rings. The number of methoxy groups -OCH3 is 1. The second kappa shape index (κ2) is 6.24. The molecule has 5 heteroatoms. The second-order valence-electron chi connectivity index (χ2n) is 4.23. The number of ether oxygens (including phenoxy) is 2. The Balaban J connectivity index is 2.04. The quantitative estimate of drug-likeness (QED) is 0.865. The molecular weight excluding hydrogens is 244 g/mol. The van der Waals surface area contributed by atoms with Crippen molar-refractivity contribution in [2.75, 3.05) is 13.7 Å². The minimum atomic E-state index is -0.575. The lowest BCUT2D eigenvalue weighted by Gasteiger charge is -2.14. The van der Waals surface area contributed by atoms with Crippen LogP contribution >= 0.6 is 0 Å². The Hall–Kier alpha value is -2.01. The number of benzene rings is 1. The van der Waals surface area contributed by atoms with Crippen molar-refractivity contribution >= 4 is 0 Å². The van der Waals surface area contributed by atoms with Gasteiger partial charge >= 0.3 is 0 Å². The number of rotatable bonds is 6. The zero-order valence-electron chi connectivity index (χ0n) is 11.1. The monoisotopic (exact) mass is 262 g/mol. The standard InChI is InChI=1S/C14H18N2O3/c1-11(17)13-4-3-12(18-2)9-14(13)19-8-7-16-6-5-15-10-16/h3-6,9-11,17H,7-8H2,1-2H3. The first-order valence-corrected chi connectivity index (χ1v) is 6.15. The zero-order valence-corrected chi connectivity index (χ0v) is 11.1. The van der Waals surface area contributed by atoms with Gasteiger partial charge in [0.25, 0.3) is 0 Å². The van der Waals surface area contributed by atoms with Gasteiger partial charge in [-0.3, -0.25) is 0 Å². The molecule has 1 heterocycles. The Morgan fingerprint density at radius 1 is 1.42 bits per heavy atom. The summed E-state index contributed by atoms with van der Waals surface area (Å²) in [5, 5.41) is 9.72. The highest BCUT2D eigenvalue weighted by molar-refractivity contribution is 5.41. The summed E-state index contributed by atoms with van der Waals surface area (Å²) >= 11 is 0. The summed E-state index contributed by atoms with van der Waals surface area (Å²) < 4.78 is 12.8. The smallest absolute Gasteiger partial charge is 0.128 e. The van der Waals surface area contributed by atoms with Crippen molar-refractivity contribution in [3.63, 3.8) is 0 Å². The van der Waals surface area contributed by atoms with Gasteiger partial charge in [-0.15, -0.1) is 0 Å². The van der Waals surface area contributed by atoms with E-state index in [4.69, 9.17) is 9.47 Å². The maximum atomic E-state index is 9.72. The zero-order chi connectivity index (χ0) is 13.7. The van der Waals surface area contributed by atoms with Crippen LogP contribution < -0.4 is 9.47 Å². The molecule has 1 atom stereocenters. The van der Waals surface area contributed by atoms with Gasteiger partial charge in [-0.05, 0) is 19.1 Å². The van der Waals surface area contributed by atoms with E-state index in [1.807, 2.05) is 22.9 Å². The number of hydrogen-bond acceptors (Lipinski definition) is 4. The SMILES string of the molecule is COc1ccc(C(C)O)c(OCCn2ccnc2)c1. The number of imidazole rings is 1. The van der Waals surface area contributed by atoms with E-state index >= 15 is 0 Å². The molecule has 0 aliphatic rings. The summed E-state index contributed by atoms with van der Waals surface area (Å²) in [4.78, 5) is 3.97. The van der Waals surface area contributed by atoms with Crippen LogP contribution in [0.2, 0.25) is 0 Å². The van der Waals surface area contributed by atoms with Crippen molar-refractivity contribution in [3.8, 4) is 11.5 Å². The Morgan fingerprint density at radius 3 is 2.89 bits per heavy atom. The fourth-order valence-electron chi connectivity index (χ4n) is 1.79. The lowest BCUT2D eigenvalue weighted by atomic mass is 10.1. The van der Waals surface area contributed by atoms with Crippen LogP contribution in [0.4, 0.5) is 0 Å². The predicted octanol–water partition coefficient (Wildman–Crippen LogP) is 2.02. The number of aromatic nitrogens is 2. The molecule has 0 bridgehead atoms. The molecule has 1 aromatic heterocycles. The van der Waals surface area contributed by atoms with Gasteiger partial charge in [-0.1, -0.05) is 0 Å². The van der Waals surface area contributed by atoms with E-state index in [9.17, 15) is 5.11 Å². The van der Waals surface area contributed by atoms with Crippen LogP contribution in [0.1, 0.15) is 18.6 Å². The van der Waals surface area contributed by atoms with E-state index in [0.29, 0.717) is 24.7 Å². The molecule has 0 saturated carbocycles. The molecule has 0 fully saturated rings. The van der Waals surface area contributed by atoms with E-state index in [1.54, 1.807) is 32.6 Å². The molecule has 1 N–H and O–H groups in total. The van der Waals surface area contributed by atoms with Gasteiger partial charge < -0.3 is 19.1 Å². The summed E-state index contributed by atoms with van der Waals surface area (Å²) in [5.41, 5.74) is 0.756. The Bertz CT molecular complexity index is 509. The molecule has 102 valence electrons. The lowest BCUT2D eigenvalue weighted by molar-refractivity contribution is 0.190. The van der Waals surface area contributed by atoms with Crippen molar-refractivity contribution in [1.29, 1.82) is 0 Å². The normalized spacial score (nSPS) is 12.2. The molecule has 0 aliphatic carbocycles. The van der Waals surface area contributed by atoms with Crippen LogP contribution in [0.3, 0.4) is 0 Å².